The highest BCUT2D eigenvalue weighted by Crippen LogP contribution is 2.29. The maximum atomic E-state index is 11.3. The highest BCUT2D eigenvalue weighted by atomic mass is 16.7. The number of aliphatic carboxylic acids is 1. The number of hydrogen-bond acceptors (Lipinski definition) is 7. The van der Waals surface area contributed by atoms with Crippen LogP contribution >= 0.6 is 0 Å². The summed E-state index contributed by atoms with van der Waals surface area (Å²) in [5, 5.41) is 39.1. The van der Waals surface area contributed by atoms with Gasteiger partial charge in [-0.05, 0) is 49.4 Å². The average molecular weight is 398 g/mol. The molecule has 0 bridgehead atoms. The van der Waals surface area contributed by atoms with E-state index in [1.54, 1.807) is 6.07 Å². The van der Waals surface area contributed by atoms with Gasteiger partial charge in [0.2, 0.25) is 6.29 Å². The van der Waals surface area contributed by atoms with Gasteiger partial charge in [0, 0.05) is 0 Å². The molecule has 0 aromatic heterocycles. The topological polar surface area (TPSA) is 126 Å². The van der Waals surface area contributed by atoms with Crippen molar-refractivity contribution in [3.8, 4) is 5.75 Å². The van der Waals surface area contributed by atoms with Crippen molar-refractivity contribution in [3.63, 3.8) is 0 Å². The molecule has 1 aromatic rings. The number of aliphatic hydroxyl groups excluding tert-OH is 3. The summed E-state index contributed by atoms with van der Waals surface area (Å²) in [6.07, 6.45) is -7.40. The van der Waals surface area contributed by atoms with Crippen molar-refractivity contribution >= 4 is 5.97 Å². The average Bonchev–Trinajstić information content (AvgIpc) is 2.61. The standard InChI is InChI=1S/C20H30O8/c1-10(2)7-13-8-12(9-26-11(3)4)5-6-14(13)27-20-17(23)15(21)16(22)18(28-20)19(24)25/h5-6,8,10-11,15-18,20-23H,7,9H2,1-4H3,(H,24,25). The van der Waals surface area contributed by atoms with E-state index < -0.39 is 36.7 Å². The molecule has 1 aliphatic heterocycles. The van der Waals surface area contributed by atoms with Crippen LogP contribution in [0.25, 0.3) is 0 Å². The first-order valence-corrected chi connectivity index (χ1v) is 9.42. The smallest absolute Gasteiger partial charge is 0.335 e. The minimum absolute atomic E-state index is 0.0936. The Hall–Kier alpha value is -1.71. The zero-order valence-electron chi connectivity index (χ0n) is 16.6. The molecule has 1 fully saturated rings. The van der Waals surface area contributed by atoms with Gasteiger partial charge >= 0.3 is 5.97 Å². The Morgan fingerprint density at radius 1 is 1.11 bits per heavy atom. The van der Waals surface area contributed by atoms with E-state index in [4.69, 9.17) is 19.3 Å². The molecule has 0 saturated carbocycles. The molecule has 8 heteroatoms. The number of aliphatic hydroxyl groups is 3. The monoisotopic (exact) mass is 398 g/mol. The molecule has 28 heavy (non-hydrogen) atoms. The number of benzene rings is 1. The van der Waals surface area contributed by atoms with Crippen LogP contribution < -0.4 is 4.74 Å². The lowest BCUT2D eigenvalue weighted by molar-refractivity contribution is -0.271. The van der Waals surface area contributed by atoms with Crippen LogP contribution in [0.15, 0.2) is 18.2 Å². The van der Waals surface area contributed by atoms with Gasteiger partial charge in [-0.1, -0.05) is 19.9 Å². The highest BCUT2D eigenvalue weighted by molar-refractivity contribution is 5.73. The zero-order valence-corrected chi connectivity index (χ0v) is 16.6. The number of carbonyl (C=O) groups is 1. The van der Waals surface area contributed by atoms with Gasteiger partial charge in [0.15, 0.2) is 6.10 Å². The summed E-state index contributed by atoms with van der Waals surface area (Å²) >= 11 is 0. The molecule has 4 N–H and O–H groups in total. The lowest BCUT2D eigenvalue weighted by atomic mass is 9.98. The Kier molecular flexibility index (Phi) is 7.79. The van der Waals surface area contributed by atoms with E-state index in [0.29, 0.717) is 24.7 Å². The molecule has 0 radical (unpaired) electrons. The van der Waals surface area contributed by atoms with E-state index in [2.05, 4.69) is 0 Å². The van der Waals surface area contributed by atoms with E-state index in [1.807, 2.05) is 39.8 Å². The summed E-state index contributed by atoms with van der Waals surface area (Å²) in [7, 11) is 0. The zero-order chi connectivity index (χ0) is 21.0. The lowest BCUT2D eigenvalue weighted by Crippen LogP contribution is -2.61. The maximum absolute atomic E-state index is 11.3. The lowest BCUT2D eigenvalue weighted by Gasteiger charge is -2.38. The largest absolute Gasteiger partial charge is 0.479 e. The van der Waals surface area contributed by atoms with Crippen LogP contribution in [-0.2, 0) is 27.3 Å². The van der Waals surface area contributed by atoms with Crippen molar-refractivity contribution in [2.45, 2.75) is 77.5 Å². The Labute approximate surface area is 164 Å². The predicted molar refractivity (Wildman–Crippen MR) is 99.9 cm³/mol. The Morgan fingerprint density at radius 2 is 1.79 bits per heavy atom. The third kappa shape index (κ3) is 5.65. The third-order valence-electron chi connectivity index (χ3n) is 4.39. The second kappa shape index (κ2) is 9.67. The Morgan fingerprint density at radius 3 is 2.36 bits per heavy atom. The first kappa shape index (κ1) is 22.6. The van der Waals surface area contributed by atoms with Crippen molar-refractivity contribution < 1.29 is 39.4 Å². The highest BCUT2D eigenvalue weighted by Gasteiger charge is 2.48. The fourth-order valence-electron chi connectivity index (χ4n) is 2.97. The minimum Gasteiger partial charge on any atom is -0.479 e. The fourth-order valence-corrected chi connectivity index (χ4v) is 2.97. The van der Waals surface area contributed by atoms with Gasteiger partial charge in [-0.2, -0.15) is 0 Å². The first-order valence-electron chi connectivity index (χ1n) is 9.42. The van der Waals surface area contributed by atoms with E-state index in [9.17, 15) is 20.1 Å². The van der Waals surface area contributed by atoms with Crippen LogP contribution in [0.1, 0.15) is 38.8 Å². The predicted octanol–water partition coefficient (Wildman–Crippen LogP) is 1.08. The van der Waals surface area contributed by atoms with Crippen LogP contribution in [0, 0.1) is 5.92 Å². The van der Waals surface area contributed by atoms with E-state index >= 15 is 0 Å². The molecule has 1 heterocycles. The van der Waals surface area contributed by atoms with Crippen LogP contribution in [0.2, 0.25) is 0 Å². The molecule has 0 aliphatic carbocycles. The third-order valence-corrected chi connectivity index (χ3v) is 4.39. The number of ether oxygens (including phenoxy) is 3. The molecule has 158 valence electrons. The second-order valence-corrected chi connectivity index (χ2v) is 7.75. The van der Waals surface area contributed by atoms with Crippen molar-refractivity contribution in [2.75, 3.05) is 0 Å². The molecular formula is C20H30O8. The number of rotatable bonds is 8. The summed E-state index contributed by atoms with van der Waals surface area (Å²) < 4.78 is 16.6. The van der Waals surface area contributed by atoms with Gasteiger partial charge in [0.05, 0.1) is 12.7 Å². The summed E-state index contributed by atoms with van der Waals surface area (Å²) in [6.45, 7) is 8.44. The second-order valence-electron chi connectivity index (χ2n) is 7.75. The molecule has 0 spiro atoms. The van der Waals surface area contributed by atoms with E-state index in [1.165, 1.54) is 0 Å². The van der Waals surface area contributed by atoms with Crippen LogP contribution in [0.3, 0.4) is 0 Å². The summed E-state index contributed by atoms with van der Waals surface area (Å²) in [6, 6.07) is 5.46. The molecule has 0 amide bonds. The summed E-state index contributed by atoms with van der Waals surface area (Å²) in [5.74, 6) is -0.714. The molecule has 1 aromatic carbocycles. The SMILES string of the molecule is CC(C)Cc1cc(COC(C)C)ccc1OC1OC(C(=O)O)C(O)C(O)C1O. The van der Waals surface area contributed by atoms with Crippen molar-refractivity contribution in [1.82, 2.24) is 0 Å². The molecule has 5 unspecified atom stereocenters. The molecule has 2 rings (SSSR count). The number of carboxylic acid groups (broad SMARTS) is 1. The van der Waals surface area contributed by atoms with E-state index in [0.717, 1.165) is 11.1 Å². The molecular weight excluding hydrogens is 368 g/mol. The Bertz CT molecular complexity index is 660. The van der Waals surface area contributed by atoms with Crippen molar-refractivity contribution in [1.29, 1.82) is 0 Å². The minimum atomic E-state index is -1.75. The van der Waals surface area contributed by atoms with Crippen LogP contribution in [0.5, 0.6) is 5.75 Å². The molecule has 1 saturated heterocycles. The van der Waals surface area contributed by atoms with Gasteiger partial charge in [0.25, 0.3) is 0 Å². The van der Waals surface area contributed by atoms with Gasteiger partial charge in [-0.25, -0.2) is 4.79 Å². The normalized spacial score (nSPS) is 28.0. The van der Waals surface area contributed by atoms with Crippen molar-refractivity contribution in [2.24, 2.45) is 5.92 Å². The first-order chi connectivity index (χ1) is 13.1. The number of hydrogen-bond donors (Lipinski definition) is 4. The summed E-state index contributed by atoms with van der Waals surface area (Å²) in [4.78, 5) is 11.3. The summed E-state index contributed by atoms with van der Waals surface area (Å²) in [5.41, 5.74) is 1.81. The maximum Gasteiger partial charge on any atom is 0.335 e. The fraction of sp³-hybridized carbons (Fsp3) is 0.650. The van der Waals surface area contributed by atoms with Crippen LogP contribution in [0.4, 0.5) is 0 Å². The van der Waals surface area contributed by atoms with Crippen LogP contribution in [-0.4, -0.2) is 63.2 Å². The molecule has 8 nitrogen and oxygen atoms in total. The van der Waals surface area contributed by atoms with Gasteiger partial charge in [0.1, 0.15) is 24.1 Å². The van der Waals surface area contributed by atoms with Gasteiger partial charge in [-0.15, -0.1) is 0 Å². The van der Waals surface area contributed by atoms with Crippen molar-refractivity contribution in [3.05, 3.63) is 29.3 Å². The number of carboxylic acids is 1. The van der Waals surface area contributed by atoms with Gasteiger partial charge < -0.3 is 34.6 Å². The quantitative estimate of drug-likeness (QED) is 0.513. The van der Waals surface area contributed by atoms with Gasteiger partial charge in [-0.3, -0.25) is 0 Å². The van der Waals surface area contributed by atoms with E-state index in [-0.39, 0.29) is 6.10 Å². The molecule has 1 aliphatic rings. The molecule has 5 atom stereocenters. The Balaban J connectivity index is 2.23.